The predicted octanol–water partition coefficient (Wildman–Crippen LogP) is 1.91. The zero-order valence-electron chi connectivity index (χ0n) is 7.96. The number of rotatable bonds is 1. The summed E-state index contributed by atoms with van der Waals surface area (Å²) in [7, 11) is 0. The second-order valence-corrected chi connectivity index (χ2v) is 4.26. The summed E-state index contributed by atoms with van der Waals surface area (Å²) in [6.07, 6.45) is 1.83. The fourth-order valence-corrected chi connectivity index (χ4v) is 2.02. The van der Waals surface area contributed by atoms with Crippen LogP contribution in [-0.2, 0) is 5.60 Å². The largest absolute Gasteiger partial charge is 0.384 e. The van der Waals surface area contributed by atoms with Crippen LogP contribution in [0, 0.1) is 0 Å². The Bertz CT molecular complexity index is 304. The Kier molecular flexibility index (Phi) is 2.77. The van der Waals surface area contributed by atoms with Gasteiger partial charge in [-0.05, 0) is 37.1 Å². The van der Waals surface area contributed by atoms with E-state index in [4.69, 9.17) is 11.6 Å². The van der Waals surface area contributed by atoms with Crippen LogP contribution in [0.1, 0.15) is 18.4 Å². The number of β-amino-alcohol motifs (C(OH)–C–C–N with tert-alkyl or cyclic N) is 1. The van der Waals surface area contributed by atoms with Gasteiger partial charge in [0.2, 0.25) is 0 Å². The lowest BCUT2D eigenvalue weighted by Gasteiger charge is -2.33. The van der Waals surface area contributed by atoms with Crippen LogP contribution < -0.4 is 5.32 Å². The Morgan fingerprint density at radius 1 is 1.29 bits per heavy atom. The number of hydrogen-bond donors (Lipinski definition) is 2. The quantitative estimate of drug-likeness (QED) is 0.744. The second-order valence-electron chi connectivity index (χ2n) is 3.82. The molecule has 0 bridgehead atoms. The van der Waals surface area contributed by atoms with Gasteiger partial charge in [0, 0.05) is 11.6 Å². The van der Waals surface area contributed by atoms with Gasteiger partial charge >= 0.3 is 0 Å². The molecule has 1 aromatic rings. The Morgan fingerprint density at radius 2 is 2.00 bits per heavy atom. The minimum Gasteiger partial charge on any atom is -0.384 e. The summed E-state index contributed by atoms with van der Waals surface area (Å²) >= 11 is 5.80. The van der Waals surface area contributed by atoms with Crippen molar-refractivity contribution in [3.63, 3.8) is 0 Å². The van der Waals surface area contributed by atoms with Crippen molar-refractivity contribution in [2.45, 2.75) is 18.4 Å². The minimum atomic E-state index is -0.706. The van der Waals surface area contributed by atoms with Crippen molar-refractivity contribution in [1.29, 1.82) is 0 Å². The molecule has 1 saturated heterocycles. The van der Waals surface area contributed by atoms with Crippen LogP contribution in [0.3, 0.4) is 0 Å². The van der Waals surface area contributed by atoms with Gasteiger partial charge in [-0.25, -0.2) is 0 Å². The standard InChI is InChI=1S/C11H14ClNO/c12-10-4-2-9(3-5-10)11(14)6-1-7-13-8-11/h2-5,13-14H,1,6-8H2. The van der Waals surface area contributed by atoms with E-state index in [1.807, 2.05) is 24.3 Å². The highest BCUT2D eigenvalue weighted by Gasteiger charge is 2.30. The van der Waals surface area contributed by atoms with Crippen molar-refractivity contribution in [1.82, 2.24) is 5.32 Å². The van der Waals surface area contributed by atoms with Crippen LogP contribution >= 0.6 is 11.6 Å². The van der Waals surface area contributed by atoms with E-state index in [1.54, 1.807) is 0 Å². The van der Waals surface area contributed by atoms with E-state index in [0.29, 0.717) is 11.6 Å². The third kappa shape index (κ3) is 1.92. The lowest BCUT2D eigenvalue weighted by Crippen LogP contribution is -2.43. The summed E-state index contributed by atoms with van der Waals surface area (Å²) < 4.78 is 0. The summed E-state index contributed by atoms with van der Waals surface area (Å²) in [5.74, 6) is 0. The summed E-state index contributed by atoms with van der Waals surface area (Å²) in [5, 5.41) is 14.2. The molecule has 1 heterocycles. The molecule has 2 N–H and O–H groups in total. The van der Waals surface area contributed by atoms with Crippen LogP contribution in [-0.4, -0.2) is 18.2 Å². The van der Waals surface area contributed by atoms with Crippen molar-refractivity contribution in [3.8, 4) is 0 Å². The molecule has 14 heavy (non-hydrogen) atoms. The molecule has 3 heteroatoms. The Labute approximate surface area is 88.9 Å². The summed E-state index contributed by atoms with van der Waals surface area (Å²) in [4.78, 5) is 0. The van der Waals surface area contributed by atoms with Crippen LogP contribution in [0.5, 0.6) is 0 Å². The molecule has 1 aromatic carbocycles. The minimum absolute atomic E-state index is 0.634. The van der Waals surface area contributed by atoms with Crippen molar-refractivity contribution in [2.24, 2.45) is 0 Å². The van der Waals surface area contributed by atoms with E-state index >= 15 is 0 Å². The molecule has 0 saturated carbocycles. The van der Waals surface area contributed by atoms with Crippen molar-refractivity contribution in [3.05, 3.63) is 34.9 Å². The van der Waals surface area contributed by atoms with Gasteiger partial charge in [0.05, 0.1) is 0 Å². The Balaban J connectivity index is 2.23. The Hall–Kier alpha value is -0.570. The van der Waals surface area contributed by atoms with Crippen LogP contribution in [0.25, 0.3) is 0 Å². The highest BCUT2D eigenvalue weighted by molar-refractivity contribution is 6.30. The number of piperidine rings is 1. The molecule has 1 unspecified atom stereocenters. The molecule has 1 aliphatic rings. The number of aliphatic hydroxyl groups is 1. The first kappa shape index (κ1) is 9.97. The lowest BCUT2D eigenvalue weighted by molar-refractivity contribution is 0.0123. The zero-order chi connectivity index (χ0) is 10.0. The normalized spacial score (nSPS) is 27.6. The number of benzene rings is 1. The van der Waals surface area contributed by atoms with Gasteiger partial charge < -0.3 is 10.4 Å². The van der Waals surface area contributed by atoms with E-state index in [2.05, 4.69) is 5.32 Å². The van der Waals surface area contributed by atoms with E-state index in [0.717, 1.165) is 24.9 Å². The molecular formula is C11H14ClNO. The maximum absolute atomic E-state index is 10.3. The number of halogens is 1. The van der Waals surface area contributed by atoms with E-state index in [1.165, 1.54) is 0 Å². The first-order valence-electron chi connectivity index (χ1n) is 4.90. The van der Waals surface area contributed by atoms with Gasteiger partial charge in [-0.15, -0.1) is 0 Å². The van der Waals surface area contributed by atoms with Gasteiger partial charge in [-0.1, -0.05) is 23.7 Å². The molecule has 2 rings (SSSR count). The molecule has 2 nitrogen and oxygen atoms in total. The SMILES string of the molecule is OC1(c2ccc(Cl)cc2)CCCNC1. The van der Waals surface area contributed by atoms with Gasteiger partial charge in [0.25, 0.3) is 0 Å². The van der Waals surface area contributed by atoms with Gasteiger partial charge in [0.1, 0.15) is 5.60 Å². The average Bonchev–Trinajstić information content (AvgIpc) is 2.19. The third-order valence-electron chi connectivity index (χ3n) is 2.74. The number of nitrogens with one attached hydrogen (secondary N) is 1. The molecule has 1 fully saturated rings. The van der Waals surface area contributed by atoms with Crippen LogP contribution in [0.2, 0.25) is 5.02 Å². The molecule has 76 valence electrons. The zero-order valence-corrected chi connectivity index (χ0v) is 8.72. The second kappa shape index (κ2) is 3.89. The van der Waals surface area contributed by atoms with E-state index < -0.39 is 5.60 Å². The topological polar surface area (TPSA) is 32.3 Å². The molecule has 1 aliphatic heterocycles. The molecule has 0 radical (unpaired) electrons. The fourth-order valence-electron chi connectivity index (χ4n) is 1.90. The maximum atomic E-state index is 10.3. The molecule has 1 atom stereocenters. The average molecular weight is 212 g/mol. The van der Waals surface area contributed by atoms with Crippen molar-refractivity contribution >= 4 is 11.6 Å². The lowest BCUT2D eigenvalue weighted by atomic mass is 9.87. The van der Waals surface area contributed by atoms with Gasteiger partial charge in [-0.2, -0.15) is 0 Å². The fraction of sp³-hybridized carbons (Fsp3) is 0.455. The highest BCUT2D eigenvalue weighted by Crippen LogP contribution is 2.28. The molecule has 0 amide bonds. The maximum Gasteiger partial charge on any atom is 0.102 e. The van der Waals surface area contributed by atoms with Crippen LogP contribution in [0.4, 0.5) is 0 Å². The first-order chi connectivity index (χ1) is 6.71. The molecular weight excluding hydrogens is 198 g/mol. The first-order valence-corrected chi connectivity index (χ1v) is 5.28. The summed E-state index contributed by atoms with van der Waals surface area (Å²) in [6.45, 7) is 1.63. The Morgan fingerprint density at radius 3 is 2.57 bits per heavy atom. The van der Waals surface area contributed by atoms with E-state index in [-0.39, 0.29) is 0 Å². The summed E-state index contributed by atoms with van der Waals surface area (Å²) in [5.41, 5.74) is 0.247. The third-order valence-corrected chi connectivity index (χ3v) is 2.99. The predicted molar refractivity (Wildman–Crippen MR) is 57.5 cm³/mol. The van der Waals surface area contributed by atoms with Crippen molar-refractivity contribution in [2.75, 3.05) is 13.1 Å². The monoisotopic (exact) mass is 211 g/mol. The van der Waals surface area contributed by atoms with Crippen LogP contribution in [0.15, 0.2) is 24.3 Å². The van der Waals surface area contributed by atoms with Gasteiger partial charge in [0.15, 0.2) is 0 Å². The van der Waals surface area contributed by atoms with Gasteiger partial charge in [-0.3, -0.25) is 0 Å². The molecule has 0 spiro atoms. The number of hydrogen-bond acceptors (Lipinski definition) is 2. The smallest absolute Gasteiger partial charge is 0.102 e. The summed E-state index contributed by atoms with van der Waals surface area (Å²) in [6, 6.07) is 7.44. The molecule has 0 aromatic heterocycles. The van der Waals surface area contributed by atoms with E-state index in [9.17, 15) is 5.11 Å². The van der Waals surface area contributed by atoms with Crippen molar-refractivity contribution < 1.29 is 5.11 Å². The highest BCUT2D eigenvalue weighted by atomic mass is 35.5. The molecule has 0 aliphatic carbocycles.